The molecule has 1 unspecified atom stereocenters. The second-order valence-corrected chi connectivity index (χ2v) is 5.94. The lowest BCUT2D eigenvalue weighted by molar-refractivity contribution is -0.142. The number of carboxylic acid groups (broad SMARTS) is 1. The first-order chi connectivity index (χ1) is 6.97. The quantitative estimate of drug-likeness (QED) is 0.771. The van der Waals surface area contributed by atoms with Crippen molar-refractivity contribution in [2.45, 2.75) is 26.2 Å². The van der Waals surface area contributed by atoms with Gasteiger partial charge in [0, 0.05) is 13.1 Å². The van der Waals surface area contributed by atoms with E-state index in [0.29, 0.717) is 25.8 Å². The number of piperidine rings is 1. The summed E-state index contributed by atoms with van der Waals surface area (Å²) in [6.07, 6.45) is 1.78. The average molecular weight is 235 g/mol. The summed E-state index contributed by atoms with van der Waals surface area (Å²) in [5, 5.41) is 8.83. The van der Waals surface area contributed by atoms with Crippen molar-refractivity contribution < 1.29 is 18.3 Å². The summed E-state index contributed by atoms with van der Waals surface area (Å²) in [5.74, 6) is -1.32. The van der Waals surface area contributed by atoms with Crippen LogP contribution in [-0.4, -0.2) is 42.6 Å². The number of hydrogen-bond acceptors (Lipinski definition) is 3. The Bertz CT molecular complexity index is 325. The van der Waals surface area contributed by atoms with Crippen molar-refractivity contribution in [2.75, 3.05) is 18.8 Å². The van der Waals surface area contributed by atoms with E-state index in [2.05, 4.69) is 0 Å². The van der Waals surface area contributed by atoms with E-state index >= 15 is 0 Å². The fourth-order valence-electron chi connectivity index (χ4n) is 1.78. The molecule has 0 aromatic carbocycles. The van der Waals surface area contributed by atoms with Crippen LogP contribution < -0.4 is 0 Å². The lowest BCUT2D eigenvalue weighted by atomic mass is 10.0. The molecule has 15 heavy (non-hydrogen) atoms. The number of sulfonamides is 1. The molecule has 1 heterocycles. The Morgan fingerprint density at radius 2 is 2.20 bits per heavy atom. The van der Waals surface area contributed by atoms with Gasteiger partial charge in [-0.05, 0) is 19.3 Å². The number of hydrogen-bond donors (Lipinski definition) is 1. The maximum atomic E-state index is 11.7. The smallest absolute Gasteiger partial charge is 0.307 e. The van der Waals surface area contributed by atoms with E-state index in [-0.39, 0.29) is 12.3 Å². The Morgan fingerprint density at radius 1 is 1.53 bits per heavy atom. The highest BCUT2D eigenvalue weighted by Gasteiger charge is 2.31. The molecule has 0 saturated carbocycles. The molecule has 0 radical (unpaired) electrons. The van der Waals surface area contributed by atoms with Gasteiger partial charge in [-0.3, -0.25) is 4.79 Å². The lowest BCUT2D eigenvalue weighted by Gasteiger charge is -2.29. The third kappa shape index (κ3) is 3.17. The molecule has 1 aliphatic heterocycles. The van der Waals surface area contributed by atoms with Crippen LogP contribution in [0.25, 0.3) is 0 Å². The van der Waals surface area contributed by atoms with E-state index in [1.807, 2.05) is 0 Å². The minimum atomic E-state index is -3.23. The number of nitrogens with zero attached hydrogens (tertiary/aromatic N) is 1. The second-order valence-electron chi connectivity index (χ2n) is 3.85. The van der Waals surface area contributed by atoms with Crippen LogP contribution in [0.3, 0.4) is 0 Å². The Kier molecular flexibility index (Phi) is 4.10. The Morgan fingerprint density at radius 3 is 2.73 bits per heavy atom. The van der Waals surface area contributed by atoms with Gasteiger partial charge in [0.15, 0.2) is 0 Å². The third-order valence-electron chi connectivity index (χ3n) is 2.59. The summed E-state index contributed by atoms with van der Waals surface area (Å²) in [4.78, 5) is 10.8. The van der Waals surface area contributed by atoms with E-state index in [9.17, 15) is 13.2 Å². The van der Waals surface area contributed by atoms with Crippen LogP contribution in [0, 0.1) is 5.92 Å². The molecule has 5 nitrogen and oxygen atoms in total. The molecule has 0 spiro atoms. The zero-order valence-corrected chi connectivity index (χ0v) is 9.66. The lowest BCUT2D eigenvalue weighted by Crippen LogP contribution is -2.43. The molecule has 0 aromatic heterocycles. The van der Waals surface area contributed by atoms with E-state index in [1.165, 1.54) is 4.31 Å². The Labute approximate surface area is 90.1 Å². The van der Waals surface area contributed by atoms with Gasteiger partial charge >= 0.3 is 5.97 Å². The summed E-state index contributed by atoms with van der Waals surface area (Å²) in [7, 11) is -3.23. The molecule has 88 valence electrons. The van der Waals surface area contributed by atoms with E-state index in [4.69, 9.17) is 5.11 Å². The molecule has 1 fully saturated rings. The maximum Gasteiger partial charge on any atom is 0.307 e. The normalized spacial score (nSPS) is 23.9. The van der Waals surface area contributed by atoms with Gasteiger partial charge in [-0.15, -0.1) is 0 Å². The van der Waals surface area contributed by atoms with Gasteiger partial charge < -0.3 is 5.11 Å². The first-order valence-corrected chi connectivity index (χ1v) is 6.79. The average Bonchev–Trinajstić information content (AvgIpc) is 2.18. The van der Waals surface area contributed by atoms with Crippen molar-refractivity contribution in [3.8, 4) is 0 Å². The molecule has 0 aromatic rings. The van der Waals surface area contributed by atoms with E-state index < -0.39 is 21.9 Å². The molecule has 1 aliphatic rings. The minimum Gasteiger partial charge on any atom is -0.481 e. The molecule has 0 aliphatic carbocycles. The molecule has 0 amide bonds. The van der Waals surface area contributed by atoms with E-state index in [0.717, 1.165) is 0 Å². The van der Waals surface area contributed by atoms with Crippen LogP contribution in [0.2, 0.25) is 0 Å². The van der Waals surface area contributed by atoms with Crippen LogP contribution in [0.5, 0.6) is 0 Å². The highest BCUT2D eigenvalue weighted by Crippen LogP contribution is 2.19. The minimum absolute atomic E-state index is 0.110. The standard InChI is InChI=1S/C9H17NO4S/c1-2-6-15(13,14)10-5-3-4-8(7-10)9(11)12/h8H,2-7H2,1H3,(H,11,12). The highest BCUT2D eigenvalue weighted by molar-refractivity contribution is 7.89. The van der Waals surface area contributed by atoms with Gasteiger partial charge in [0.25, 0.3) is 0 Å². The van der Waals surface area contributed by atoms with Crippen molar-refractivity contribution in [2.24, 2.45) is 5.92 Å². The van der Waals surface area contributed by atoms with Crippen molar-refractivity contribution in [1.29, 1.82) is 0 Å². The Hall–Kier alpha value is -0.620. The molecule has 1 N–H and O–H groups in total. The maximum absolute atomic E-state index is 11.7. The SMILES string of the molecule is CCCS(=O)(=O)N1CCCC(C(=O)O)C1. The molecule has 1 atom stereocenters. The summed E-state index contributed by atoms with van der Waals surface area (Å²) < 4.78 is 24.7. The molecular formula is C9H17NO4S. The Balaban J connectivity index is 2.67. The van der Waals surface area contributed by atoms with Gasteiger partial charge in [-0.1, -0.05) is 6.92 Å². The second kappa shape index (κ2) is 4.94. The van der Waals surface area contributed by atoms with Crippen LogP contribution in [0.15, 0.2) is 0 Å². The van der Waals surface area contributed by atoms with Crippen molar-refractivity contribution >= 4 is 16.0 Å². The summed E-state index contributed by atoms with van der Waals surface area (Å²) in [5.41, 5.74) is 0. The number of rotatable bonds is 4. The van der Waals surface area contributed by atoms with Crippen molar-refractivity contribution in [3.05, 3.63) is 0 Å². The molecule has 6 heteroatoms. The number of aliphatic carboxylic acids is 1. The zero-order valence-electron chi connectivity index (χ0n) is 8.85. The highest BCUT2D eigenvalue weighted by atomic mass is 32.2. The fourth-order valence-corrected chi connectivity index (χ4v) is 3.37. The largest absolute Gasteiger partial charge is 0.481 e. The number of carboxylic acids is 1. The first-order valence-electron chi connectivity index (χ1n) is 5.18. The fraction of sp³-hybridized carbons (Fsp3) is 0.889. The molecule has 1 rings (SSSR count). The van der Waals surface area contributed by atoms with Crippen molar-refractivity contribution in [1.82, 2.24) is 4.31 Å². The van der Waals surface area contributed by atoms with Crippen molar-refractivity contribution in [3.63, 3.8) is 0 Å². The summed E-state index contributed by atoms with van der Waals surface area (Å²) >= 11 is 0. The third-order valence-corrected chi connectivity index (χ3v) is 4.63. The molecule has 0 bridgehead atoms. The molecule has 1 saturated heterocycles. The topological polar surface area (TPSA) is 74.7 Å². The van der Waals surface area contributed by atoms with Crippen LogP contribution >= 0.6 is 0 Å². The molecular weight excluding hydrogens is 218 g/mol. The van der Waals surface area contributed by atoms with Crippen LogP contribution in [0.4, 0.5) is 0 Å². The zero-order chi connectivity index (χ0) is 11.5. The summed E-state index contributed by atoms with van der Waals surface area (Å²) in [6, 6.07) is 0. The first kappa shape index (κ1) is 12.4. The van der Waals surface area contributed by atoms with E-state index in [1.54, 1.807) is 6.92 Å². The summed E-state index contributed by atoms with van der Waals surface area (Å²) in [6.45, 7) is 2.40. The van der Waals surface area contributed by atoms with Crippen LogP contribution in [0.1, 0.15) is 26.2 Å². The van der Waals surface area contributed by atoms with Gasteiger partial charge in [0.1, 0.15) is 0 Å². The van der Waals surface area contributed by atoms with Crippen LogP contribution in [-0.2, 0) is 14.8 Å². The predicted molar refractivity (Wildman–Crippen MR) is 56.0 cm³/mol. The van der Waals surface area contributed by atoms with Gasteiger partial charge in [0.2, 0.25) is 10.0 Å². The van der Waals surface area contributed by atoms with Gasteiger partial charge in [0.05, 0.1) is 11.7 Å². The monoisotopic (exact) mass is 235 g/mol. The van der Waals surface area contributed by atoms with Gasteiger partial charge in [-0.2, -0.15) is 0 Å². The predicted octanol–water partition coefficient (Wildman–Crippen LogP) is 0.523. The van der Waals surface area contributed by atoms with Gasteiger partial charge in [-0.25, -0.2) is 12.7 Å². The number of carbonyl (C=O) groups is 1.